The lowest BCUT2D eigenvalue weighted by atomic mass is 9.75. The summed E-state index contributed by atoms with van der Waals surface area (Å²) in [5.41, 5.74) is -1.63. The zero-order chi connectivity index (χ0) is 26.1. The molecule has 2 unspecified atom stereocenters. The third kappa shape index (κ3) is 12.1. The monoisotopic (exact) mass is 494 g/mol. The molecule has 1 saturated carbocycles. The quantitative estimate of drug-likeness (QED) is 0.0888. The summed E-state index contributed by atoms with van der Waals surface area (Å²) >= 11 is 0. The molecule has 0 aliphatic heterocycles. The molecular weight excluding hydrogens is 444 g/mol. The first-order valence-electron chi connectivity index (χ1n) is 13.9. The van der Waals surface area contributed by atoms with Gasteiger partial charge in [-0.3, -0.25) is 4.79 Å². The zero-order valence-electron chi connectivity index (χ0n) is 22.8. The van der Waals surface area contributed by atoms with Gasteiger partial charge in [-0.25, -0.2) is 9.59 Å². The molecule has 0 aromatic rings. The third-order valence-corrected chi connectivity index (χ3v) is 6.76. The molecule has 0 spiro atoms. The number of unbranched alkanes of at least 4 members (excludes halogenated alkanes) is 6. The van der Waals surface area contributed by atoms with E-state index in [-0.39, 0.29) is 13.0 Å². The van der Waals surface area contributed by atoms with Crippen LogP contribution in [-0.4, -0.2) is 36.7 Å². The van der Waals surface area contributed by atoms with E-state index >= 15 is 0 Å². The van der Waals surface area contributed by atoms with Crippen molar-refractivity contribution in [3.63, 3.8) is 0 Å². The van der Waals surface area contributed by atoms with Crippen LogP contribution in [0.3, 0.4) is 0 Å². The number of ether oxygens (including phenoxy) is 3. The van der Waals surface area contributed by atoms with Crippen LogP contribution in [0.25, 0.3) is 0 Å². The SMILES string of the molecule is C=CC(=O)OC1(C(=O)OCCCCCCCC(C)C)CCCCC1C(=O)OCCCCCC(C)C. The second-order valence-corrected chi connectivity index (χ2v) is 10.8. The number of hydrogen-bond donors (Lipinski definition) is 0. The molecule has 6 nitrogen and oxygen atoms in total. The summed E-state index contributed by atoms with van der Waals surface area (Å²) in [6, 6.07) is 0. The van der Waals surface area contributed by atoms with E-state index < -0.39 is 29.4 Å². The van der Waals surface area contributed by atoms with Gasteiger partial charge in [0.1, 0.15) is 5.92 Å². The smallest absolute Gasteiger partial charge is 0.351 e. The Morgan fingerprint density at radius 1 is 0.829 bits per heavy atom. The van der Waals surface area contributed by atoms with Crippen LogP contribution in [0.5, 0.6) is 0 Å². The van der Waals surface area contributed by atoms with Gasteiger partial charge in [-0.15, -0.1) is 0 Å². The van der Waals surface area contributed by atoms with Gasteiger partial charge < -0.3 is 14.2 Å². The maximum atomic E-state index is 13.2. The van der Waals surface area contributed by atoms with E-state index in [1.165, 1.54) is 19.3 Å². The first-order valence-corrected chi connectivity index (χ1v) is 13.9. The van der Waals surface area contributed by atoms with Gasteiger partial charge in [0, 0.05) is 6.08 Å². The van der Waals surface area contributed by atoms with E-state index in [0.717, 1.165) is 63.4 Å². The maximum absolute atomic E-state index is 13.2. The van der Waals surface area contributed by atoms with E-state index in [0.29, 0.717) is 25.4 Å². The predicted octanol–water partition coefficient (Wildman–Crippen LogP) is 6.94. The fraction of sp³-hybridized carbons (Fsp3) is 0.828. The minimum atomic E-state index is -1.63. The molecule has 1 aliphatic carbocycles. The van der Waals surface area contributed by atoms with Crippen LogP contribution in [0.2, 0.25) is 0 Å². The Morgan fingerprint density at radius 3 is 1.97 bits per heavy atom. The standard InChI is InChI=1S/C29H50O6/c1-6-26(30)35-29(28(32)34-22-15-9-7-8-11-17-23(2)3)20-14-13-19-25(29)27(31)33-21-16-10-12-18-24(4)5/h6,23-25H,1,7-22H2,2-5H3. The molecule has 35 heavy (non-hydrogen) atoms. The fourth-order valence-electron chi connectivity index (χ4n) is 4.66. The summed E-state index contributed by atoms with van der Waals surface area (Å²) in [6.45, 7) is 12.9. The lowest BCUT2D eigenvalue weighted by Gasteiger charge is -2.39. The average molecular weight is 495 g/mol. The molecule has 1 aliphatic rings. The van der Waals surface area contributed by atoms with Gasteiger partial charge >= 0.3 is 17.9 Å². The van der Waals surface area contributed by atoms with E-state index in [1.807, 2.05) is 0 Å². The third-order valence-electron chi connectivity index (χ3n) is 6.76. The lowest BCUT2D eigenvalue weighted by Crippen LogP contribution is -2.55. The molecule has 0 amide bonds. The van der Waals surface area contributed by atoms with E-state index in [9.17, 15) is 14.4 Å². The molecule has 0 heterocycles. The van der Waals surface area contributed by atoms with Crippen LogP contribution in [0.4, 0.5) is 0 Å². The highest BCUT2D eigenvalue weighted by molar-refractivity contribution is 5.92. The van der Waals surface area contributed by atoms with E-state index in [4.69, 9.17) is 14.2 Å². The van der Waals surface area contributed by atoms with Crippen molar-refractivity contribution < 1.29 is 28.6 Å². The predicted molar refractivity (Wildman–Crippen MR) is 139 cm³/mol. The van der Waals surface area contributed by atoms with E-state index in [2.05, 4.69) is 34.3 Å². The molecule has 6 heteroatoms. The van der Waals surface area contributed by atoms with Gasteiger partial charge in [0.15, 0.2) is 0 Å². The molecule has 0 saturated heterocycles. The molecule has 0 N–H and O–H groups in total. The number of carbonyl (C=O) groups is 3. The topological polar surface area (TPSA) is 78.9 Å². The summed E-state index contributed by atoms with van der Waals surface area (Å²) in [7, 11) is 0. The minimum Gasteiger partial charge on any atom is -0.465 e. The van der Waals surface area contributed by atoms with Crippen molar-refractivity contribution in [3.8, 4) is 0 Å². The molecule has 0 radical (unpaired) electrons. The Kier molecular flexibility index (Phi) is 15.6. The van der Waals surface area contributed by atoms with Crippen molar-refractivity contribution in [2.75, 3.05) is 13.2 Å². The second kappa shape index (κ2) is 17.6. The molecule has 0 aromatic carbocycles. The fourth-order valence-corrected chi connectivity index (χ4v) is 4.66. The minimum absolute atomic E-state index is 0.258. The Balaban J connectivity index is 2.65. The molecular formula is C29H50O6. The summed E-state index contributed by atoms with van der Waals surface area (Å²) in [5.74, 6) is -1.29. The van der Waals surface area contributed by atoms with Crippen LogP contribution in [0.15, 0.2) is 12.7 Å². The van der Waals surface area contributed by atoms with Crippen LogP contribution in [0, 0.1) is 17.8 Å². The molecule has 0 bridgehead atoms. The lowest BCUT2D eigenvalue weighted by molar-refractivity contribution is -0.198. The zero-order valence-corrected chi connectivity index (χ0v) is 22.8. The number of rotatable bonds is 18. The molecule has 1 fully saturated rings. The van der Waals surface area contributed by atoms with Crippen molar-refractivity contribution in [2.24, 2.45) is 17.8 Å². The van der Waals surface area contributed by atoms with Gasteiger partial charge in [-0.05, 0) is 43.9 Å². The van der Waals surface area contributed by atoms with Crippen molar-refractivity contribution in [1.82, 2.24) is 0 Å². The highest BCUT2D eigenvalue weighted by atomic mass is 16.6. The maximum Gasteiger partial charge on any atom is 0.351 e. The molecule has 2 atom stereocenters. The Labute approximate surface area is 213 Å². The normalized spacial score (nSPS) is 20.0. The van der Waals surface area contributed by atoms with Gasteiger partial charge in [0.05, 0.1) is 13.2 Å². The Hall–Kier alpha value is -1.85. The number of esters is 3. The van der Waals surface area contributed by atoms with Crippen molar-refractivity contribution in [2.45, 2.75) is 123 Å². The van der Waals surface area contributed by atoms with Crippen molar-refractivity contribution in [1.29, 1.82) is 0 Å². The first-order chi connectivity index (χ1) is 16.7. The van der Waals surface area contributed by atoms with Crippen LogP contribution in [0.1, 0.15) is 118 Å². The Morgan fingerprint density at radius 2 is 1.37 bits per heavy atom. The molecule has 202 valence electrons. The van der Waals surface area contributed by atoms with E-state index in [1.54, 1.807) is 0 Å². The molecule has 1 rings (SSSR count). The van der Waals surface area contributed by atoms with Crippen molar-refractivity contribution in [3.05, 3.63) is 12.7 Å². The number of carbonyl (C=O) groups excluding carboxylic acids is 3. The van der Waals surface area contributed by atoms with Gasteiger partial charge in [-0.2, -0.15) is 0 Å². The number of hydrogen-bond acceptors (Lipinski definition) is 6. The summed E-state index contributed by atoms with van der Waals surface area (Å²) in [5, 5.41) is 0. The second-order valence-electron chi connectivity index (χ2n) is 10.8. The molecule has 0 aromatic heterocycles. The summed E-state index contributed by atoms with van der Waals surface area (Å²) in [4.78, 5) is 38.4. The van der Waals surface area contributed by atoms with Crippen LogP contribution >= 0.6 is 0 Å². The van der Waals surface area contributed by atoms with Gasteiger partial charge in [0.25, 0.3) is 0 Å². The average Bonchev–Trinajstić information content (AvgIpc) is 2.82. The van der Waals surface area contributed by atoms with Gasteiger partial charge in [0.2, 0.25) is 5.60 Å². The Bertz CT molecular complexity index is 641. The van der Waals surface area contributed by atoms with Crippen LogP contribution < -0.4 is 0 Å². The summed E-state index contributed by atoms with van der Waals surface area (Å²) in [6.07, 6.45) is 13.7. The largest absolute Gasteiger partial charge is 0.465 e. The van der Waals surface area contributed by atoms with Gasteiger partial charge in [-0.1, -0.05) is 92.1 Å². The van der Waals surface area contributed by atoms with Crippen LogP contribution in [-0.2, 0) is 28.6 Å². The highest BCUT2D eigenvalue weighted by Gasteiger charge is 2.55. The highest BCUT2D eigenvalue weighted by Crippen LogP contribution is 2.39. The van der Waals surface area contributed by atoms with Crippen molar-refractivity contribution >= 4 is 17.9 Å². The first kappa shape index (κ1) is 31.2. The summed E-state index contributed by atoms with van der Waals surface area (Å²) < 4.78 is 16.7.